The number of aldehydes is 1. The van der Waals surface area contributed by atoms with Gasteiger partial charge in [-0.3, -0.25) is 4.79 Å². The molecular formula is C24H33BrOS. The molecule has 3 heteroatoms. The number of halogens is 1. The van der Waals surface area contributed by atoms with Crippen LogP contribution in [0.4, 0.5) is 0 Å². The molecule has 3 atom stereocenters. The van der Waals surface area contributed by atoms with Crippen molar-refractivity contribution in [3.63, 3.8) is 0 Å². The van der Waals surface area contributed by atoms with Gasteiger partial charge in [0.15, 0.2) is 0 Å². The second-order valence-electron chi connectivity index (χ2n) is 8.78. The second kappa shape index (κ2) is 8.37. The van der Waals surface area contributed by atoms with Crippen molar-refractivity contribution < 1.29 is 4.79 Å². The van der Waals surface area contributed by atoms with E-state index in [9.17, 15) is 4.79 Å². The smallest absolute Gasteiger partial charge is 0.146 e. The predicted octanol–water partition coefficient (Wildman–Crippen LogP) is 7.94. The third kappa shape index (κ3) is 3.67. The van der Waals surface area contributed by atoms with Crippen LogP contribution in [0.1, 0.15) is 83.6 Å². The van der Waals surface area contributed by atoms with Crippen molar-refractivity contribution in [3.8, 4) is 0 Å². The molecule has 1 aromatic heterocycles. The summed E-state index contributed by atoms with van der Waals surface area (Å²) < 4.78 is 1.25. The van der Waals surface area contributed by atoms with E-state index in [2.05, 4.69) is 62.7 Å². The summed E-state index contributed by atoms with van der Waals surface area (Å²) in [6, 6.07) is 2.39. The first-order valence-corrected chi connectivity index (χ1v) is 12.2. The number of hydrogen-bond donors (Lipinski definition) is 0. The van der Waals surface area contributed by atoms with E-state index in [1.54, 1.807) is 5.57 Å². The standard InChI is InChI=1S/C24H33BrOS/c1-6-15(4)12-24(13-16(5)7-2)19-10-17(14-26)9-18(8-3)22(19)23-20(24)11-21(25)27-23/h10-11,14-16,18H,6-9,12-13H2,1-5H3. The molecule has 0 radical (unpaired) electrons. The molecule has 0 aromatic carbocycles. The predicted molar refractivity (Wildman–Crippen MR) is 121 cm³/mol. The SMILES string of the molecule is CCC(C)CC1(CC(C)CC)C2=C(c3sc(Br)cc31)C(CC)CC(C=O)=C2. The summed E-state index contributed by atoms with van der Waals surface area (Å²) in [5, 5.41) is 0. The molecule has 3 rings (SSSR count). The maximum absolute atomic E-state index is 11.7. The summed E-state index contributed by atoms with van der Waals surface area (Å²) in [6.45, 7) is 11.7. The van der Waals surface area contributed by atoms with Crippen LogP contribution in [-0.2, 0) is 10.2 Å². The van der Waals surface area contributed by atoms with Crippen molar-refractivity contribution in [1.29, 1.82) is 0 Å². The minimum Gasteiger partial charge on any atom is -0.298 e. The third-order valence-electron chi connectivity index (χ3n) is 6.92. The Morgan fingerprint density at radius 1 is 1.22 bits per heavy atom. The Kier molecular flexibility index (Phi) is 6.52. The summed E-state index contributed by atoms with van der Waals surface area (Å²) >= 11 is 5.69. The van der Waals surface area contributed by atoms with Crippen LogP contribution in [0.3, 0.4) is 0 Å². The van der Waals surface area contributed by atoms with Crippen LogP contribution in [-0.4, -0.2) is 6.29 Å². The molecule has 2 aliphatic carbocycles. The van der Waals surface area contributed by atoms with Gasteiger partial charge < -0.3 is 0 Å². The molecule has 0 bridgehead atoms. The maximum Gasteiger partial charge on any atom is 0.146 e. The molecule has 0 aliphatic heterocycles. The van der Waals surface area contributed by atoms with Crippen LogP contribution in [0, 0.1) is 17.8 Å². The highest BCUT2D eigenvalue weighted by Crippen LogP contribution is 2.61. The molecule has 0 saturated heterocycles. The molecule has 148 valence electrons. The fourth-order valence-electron chi connectivity index (χ4n) is 5.13. The Morgan fingerprint density at radius 3 is 2.37 bits per heavy atom. The van der Waals surface area contributed by atoms with Crippen LogP contribution in [0.25, 0.3) is 5.57 Å². The minimum absolute atomic E-state index is 0.0696. The molecule has 0 saturated carbocycles. The Balaban J connectivity index is 2.26. The number of allylic oxidation sites excluding steroid dienone is 4. The van der Waals surface area contributed by atoms with E-state index >= 15 is 0 Å². The molecule has 27 heavy (non-hydrogen) atoms. The zero-order valence-electron chi connectivity index (χ0n) is 17.4. The number of carbonyl (C=O) groups excluding carboxylic acids is 1. The first-order chi connectivity index (χ1) is 12.9. The fourth-order valence-corrected chi connectivity index (χ4v) is 6.96. The van der Waals surface area contributed by atoms with Crippen molar-refractivity contribution in [2.75, 3.05) is 0 Å². The number of thiophene rings is 1. The minimum atomic E-state index is 0.0696. The Morgan fingerprint density at radius 2 is 1.85 bits per heavy atom. The van der Waals surface area contributed by atoms with E-state index in [-0.39, 0.29) is 5.41 Å². The molecule has 0 amide bonds. The van der Waals surface area contributed by atoms with E-state index in [0.717, 1.165) is 24.7 Å². The summed E-state index contributed by atoms with van der Waals surface area (Å²) in [5.41, 5.74) is 5.64. The lowest BCUT2D eigenvalue weighted by Crippen LogP contribution is -2.31. The summed E-state index contributed by atoms with van der Waals surface area (Å²) in [5.74, 6) is 1.82. The highest BCUT2D eigenvalue weighted by Gasteiger charge is 2.48. The molecule has 0 N–H and O–H groups in total. The van der Waals surface area contributed by atoms with Gasteiger partial charge in [0.05, 0.1) is 3.79 Å². The maximum atomic E-state index is 11.7. The molecule has 1 heterocycles. The van der Waals surface area contributed by atoms with E-state index in [1.807, 2.05) is 11.3 Å². The van der Waals surface area contributed by atoms with E-state index < -0.39 is 0 Å². The molecule has 3 unspecified atom stereocenters. The van der Waals surface area contributed by atoms with Crippen molar-refractivity contribution in [1.82, 2.24) is 0 Å². The topological polar surface area (TPSA) is 17.1 Å². The van der Waals surface area contributed by atoms with Gasteiger partial charge in [0.1, 0.15) is 6.29 Å². The van der Waals surface area contributed by atoms with Gasteiger partial charge in [-0.2, -0.15) is 0 Å². The summed E-state index contributed by atoms with van der Waals surface area (Å²) in [6.07, 6.45) is 10.1. The van der Waals surface area contributed by atoms with Crippen LogP contribution < -0.4 is 0 Å². The van der Waals surface area contributed by atoms with Crippen LogP contribution in [0.2, 0.25) is 0 Å². The number of rotatable bonds is 8. The molecule has 0 spiro atoms. The number of hydrogen-bond acceptors (Lipinski definition) is 2. The van der Waals surface area contributed by atoms with Crippen molar-refractivity contribution in [2.45, 2.75) is 78.6 Å². The van der Waals surface area contributed by atoms with Gasteiger partial charge in [0.25, 0.3) is 0 Å². The average Bonchev–Trinajstić information content (AvgIpc) is 3.16. The molecule has 1 nitrogen and oxygen atoms in total. The van der Waals surface area contributed by atoms with Crippen molar-refractivity contribution >= 4 is 39.1 Å². The van der Waals surface area contributed by atoms with Crippen LogP contribution in [0.15, 0.2) is 27.1 Å². The average molecular weight is 449 g/mol. The monoisotopic (exact) mass is 448 g/mol. The zero-order chi connectivity index (χ0) is 19.8. The van der Waals surface area contributed by atoms with Crippen LogP contribution in [0.5, 0.6) is 0 Å². The Labute approximate surface area is 177 Å². The van der Waals surface area contributed by atoms with Crippen LogP contribution >= 0.6 is 27.3 Å². The van der Waals surface area contributed by atoms with E-state index in [1.165, 1.54) is 45.5 Å². The summed E-state index contributed by atoms with van der Waals surface area (Å²) in [7, 11) is 0. The van der Waals surface area contributed by atoms with Gasteiger partial charge in [-0.05, 0) is 87.7 Å². The lowest BCUT2D eigenvalue weighted by Gasteiger charge is -2.38. The molecule has 0 fully saturated rings. The second-order valence-corrected chi connectivity index (χ2v) is 11.2. The molecule has 2 aliphatic rings. The highest BCUT2D eigenvalue weighted by atomic mass is 79.9. The van der Waals surface area contributed by atoms with Crippen molar-refractivity contribution in [2.24, 2.45) is 17.8 Å². The lowest BCUT2D eigenvalue weighted by molar-refractivity contribution is -0.105. The van der Waals surface area contributed by atoms with E-state index in [0.29, 0.717) is 17.8 Å². The molecule has 1 aromatic rings. The zero-order valence-corrected chi connectivity index (χ0v) is 19.8. The van der Waals surface area contributed by atoms with Gasteiger partial charge in [-0.25, -0.2) is 0 Å². The van der Waals surface area contributed by atoms with Gasteiger partial charge in [0, 0.05) is 10.3 Å². The fraction of sp³-hybridized carbons (Fsp3) is 0.625. The quantitative estimate of drug-likeness (QED) is 0.368. The molecular weight excluding hydrogens is 416 g/mol. The Bertz CT molecular complexity index is 757. The van der Waals surface area contributed by atoms with Crippen molar-refractivity contribution in [3.05, 3.63) is 37.5 Å². The van der Waals surface area contributed by atoms with Gasteiger partial charge in [-0.15, -0.1) is 11.3 Å². The van der Waals surface area contributed by atoms with Gasteiger partial charge in [-0.1, -0.05) is 53.5 Å². The first-order valence-electron chi connectivity index (χ1n) is 10.6. The van der Waals surface area contributed by atoms with Gasteiger partial charge >= 0.3 is 0 Å². The normalized spacial score (nSPS) is 26.4. The highest BCUT2D eigenvalue weighted by molar-refractivity contribution is 9.11. The third-order valence-corrected chi connectivity index (χ3v) is 8.59. The number of fused-ring (bicyclic) bond motifs is 2. The first kappa shape index (κ1) is 21.0. The Hall–Kier alpha value is -0.670. The van der Waals surface area contributed by atoms with Gasteiger partial charge in [0.2, 0.25) is 0 Å². The van der Waals surface area contributed by atoms with E-state index in [4.69, 9.17) is 0 Å². The number of carbonyl (C=O) groups is 1. The lowest BCUT2D eigenvalue weighted by atomic mass is 9.65. The largest absolute Gasteiger partial charge is 0.298 e. The summed E-state index contributed by atoms with van der Waals surface area (Å²) in [4.78, 5) is 13.2.